The molecule has 94 valence electrons. The lowest BCUT2D eigenvalue weighted by molar-refractivity contribution is -0.00624. The number of hydrogen-bond donors (Lipinski definition) is 2. The molecule has 2 unspecified atom stereocenters. The molecule has 0 bridgehead atoms. The summed E-state index contributed by atoms with van der Waals surface area (Å²) in [7, 11) is 0. The van der Waals surface area contributed by atoms with Gasteiger partial charge in [-0.25, -0.2) is 4.79 Å². The van der Waals surface area contributed by atoms with Crippen molar-refractivity contribution < 1.29 is 14.6 Å². The summed E-state index contributed by atoms with van der Waals surface area (Å²) in [5, 5.41) is 9.51. The maximum absolute atomic E-state index is 11.9. The number of amides is 1. The first-order valence-electron chi connectivity index (χ1n) is 5.71. The third-order valence-corrected chi connectivity index (χ3v) is 2.59. The highest BCUT2D eigenvalue weighted by molar-refractivity contribution is 5.68. The van der Waals surface area contributed by atoms with Crippen molar-refractivity contribution in [3.63, 3.8) is 0 Å². The first kappa shape index (κ1) is 13.3. The zero-order valence-electron chi connectivity index (χ0n) is 10.3. The topological polar surface area (TPSA) is 75.8 Å². The fourth-order valence-electron chi connectivity index (χ4n) is 1.81. The molecule has 1 fully saturated rings. The van der Waals surface area contributed by atoms with Crippen molar-refractivity contribution in [2.75, 3.05) is 13.1 Å². The highest BCUT2D eigenvalue weighted by Gasteiger charge is 2.32. The molecule has 0 aromatic rings. The van der Waals surface area contributed by atoms with Crippen LogP contribution in [0.3, 0.4) is 0 Å². The Morgan fingerprint density at radius 2 is 2.19 bits per heavy atom. The smallest absolute Gasteiger partial charge is 0.410 e. The third kappa shape index (κ3) is 3.64. The number of carbonyl (C=O) groups is 1. The highest BCUT2D eigenvalue weighted by atomic mass is 16.6. The Labute approximate surface area is 96.6 Å². The lowest BCUT2D eigenvalue weighted by Crippen LogP contribution is -2.52. The predicted octanol–water partition coefficient (Wildman–Crippen LogP) is 0.706. The predicted molar refractivity (Wildman–Crippen MR) is 61.0 cm³/mol. The Balaban J connectivity index is 2.60. The van der Waals surface area contributed by atoms with E-state index >= 15 is 0 Å². The van der Waals surface area contributed by atoms with Crippen LogP contribution in [0, 0.1) is 0 Å². The van der Waals surface area contributed by atoms with Gasteiger partial charge in [0.15, 0.2) is 0 Å². The SMILES string of the molecule is CC(C)(C)OC(=O)N1CCC(O)CC1CN. The van der Waals surface area contributed by atoms with Gasteiger partial charge in [0.05, 0.1) is 6.10 Å². The standard InChI is InChI=1S/C11H22N2O3/c1-11(2,3)16-10(15)13-5-4-9(14)6-8(13)7-12/h8-9,14H,4-7,12H2,1-3H3. The molecule has 5 nitrogen and oxygen atoms in total. The molecule has 0 spiro atoms. The summed E-state index contributed by atoms with van der Waals surface area (Å²) in [6.45, 7) is 6.37. The maximum atomic E-state index is 11.9. The van der Waals surface area contributed by atoms with Gasteiger partial charge >= 0.3 is 6.09 Å². The Kier molecular flexibility index (Phi) is 4.15. The Morgan fingerprint density at radius 1 is 1.56 bits per heavy atom. The Morgan fingerprint density at radius 3 is 2.69 bits per heavy atom. The van der Waals surface area contributed by atoms with E-state index in [4.69, 9.17) is 10.5 Å². The minimum absolute atomic E-state index is 0.112. The first-order chi connectivity index (χ1) is 7.33. The van der Waals surface area contributed by atoms with Crippen LogP contribution >= 0.6 is 0 Å². The van der Waals surface area contributed by atoms with Crippen LogP contribution in [-0.4, -0.2) is 46.9 Å². The summed E-state index contributed by atoms with van der Waals surface area (Å²) < 4.78 is 5.29. The van der Waals surface area contributed by atoms with E-state index in [0.717, 1.165) is 0 Å². The number of rotatable bonds is 1. The van der Waals surface area contributed by atoms with Crippen molar-refractivity contribution in [3.8, 4) is 0 Å². The van der Waals surface area contributed by atoms with Gasteiger partial charge in [-0.05, 0) is 33.6 Å². The van der Waals surface area contributed by atoms with Gasteiger partial charge in [-0.2, -0.15) is 0 Å². The van der Waals surface area contributed by atoms with Crippen molar-refractivity contribution in [3.05, 3.63) is 0 Å². The molecule has 0 aliphatic carbocycles. The molecule has 0 radical (unpaired) electrons. The zero-order valence-corrected chi connectivity index (χ0v) is 10.3. The molecule has 1 saturated heterocycles. The normalized spacial score (nSPS) is 26.7. The van der Waals surface area contributed by atoms with E-state index < -0.39 is 5.60 Å². The van der Waals surface area contributed by atoms with Gasteiger partial charge in [0.2, 0.25) is 0 Å². The molecule has 16 heavy (non-hydrogen) atoms. The van der Waals surface area contributed by atoms with E-state index in [2.05, 4.69) is 0 Å². The minimum Gasteiger partial charge on any atom is -0.444 e. The lowest BCUT2D eigenvalue weighted by atomic mass is 10.0. The van der Waals surface area contributed by atoms with E-state index in [9.17, 15) is 9.90 Å². The van der Waals surface area contributed by atoms with Gasteiger partial charge < -0.3 is 20.5 Å². The molecule has 3 N–H and O–H groups in total. The summed E-state index contributed by atoms with van der Waals surface area (Å²) in [6, 6.07) is -0.112. The molecule has 1 aliphatic rings. The second-order valence-electron chi connectivity index (χ2n) is 5.24. The van der Waals surface area contributed by atoms with Crippen LogP contribution in [-0.2, 0) is 4.74 Å². The van der Waals surface area contributed by atoms with Crippen LogP contribution in [0.25, 0.3) is 0 Å². The molecule has 1 aliphatic heterocycles. The largest absolute Gasteiger partial charge is 0.444 e. The molecule has 2 atom stereocenters. The van der Waals surface area contributed by atoms with Crippen molar-refractivity contribution >= 4 is 6.09 Å². The van der Waals surface area contributed by atoms with Crippen molar-refractivity contribution in [2.45, 2.75) is 51.4 Å². The van der Waals surface area contributed by atoms with Gasteiger partial charge in [-0.1, -0.05) is 0 Å². The van der Waals surface area contributed by atoms with Crippen molar-refractivity contribution in [2.24, 2.45) is 5.73 Å². The van der Waals surface area contributed by atoms with Gasteiger partial charge in [0.1, 0.15) is 5.60 Å². The number of piperidine rings is 1. The van der Waals surface area contributed by atoms with Crippen LogP contribution < -0.4 is 5.73 Å². The van der Waals surface area contributed by atoms with Gasteiger partial charge in [-0.15, -0.1) is 0 Å². The Hall–Kier alpha value is -0.810. The van der Waals surface area contributed by atoms with Crippen LogP contribution in [0.5, 0.6) is 0 Å². The summed E-state index contributed by atoms with van der Waals surface area (Å²) in [5.41, 5.74) is 5.10. The van der Waals surface area contributed by atoms with Crippen LogP contribution in [0.2, 0.25) is 0 Å². The second-order valence-corrected chi connectivity index (χ2v) is 5.24. The fourth-order valence-corrected chi connectivity index (χ4v) is 1.81. The maximum Gasteiger partial charge on any atom is 0.410 e. The summed E-state index contributed by atoms with van der Waals surface area (Å²) in [6.07, 6.45) is 0.438. The summed E-state index contributed by atoms with van der Waals surface area (Å²) in [4.78, 5) is 13.5. The van der Waals surface area contributed by atoms with Crippen LogP contribution in [0.15, 0.2) is 0 Å². The molecule has 0 aromatic heterocycles. The Bertz CT molecular complexity index is 250. The zero-order chi connectivity index (χ0) is 12.3. The van der Waals surface area contributed by atoms with E-state index in [1.165, 1.54) is 0 Å². The number of hydrogen-bond acceptors (Lipinski definition) is 4. The van der Waals surface area contributed by atoms with E-state index in [1.807, 2.05) is 20.8 Å². The molecular weight excluding hydrogens is 208 g/mol. The van der Waals surface area contributed by atoms with Gasteiger partial charge in [-0.3, -0.25) is 0 Å². The fraction of sp³-hybridized carbons (Fsp3) is 0.909. The number of aliphatic hydroxyl groups is 1. The summed E-state index contributed by atoms with van der Waals surface area (Å²) >= 11 is 0. The second kappa shape index (κ2) is 5.01. The van der Waals surface area contributed by atoms with Gasteiger partial charge in [0, 0.05) is 19.1 Å². The van der Waals surface area contributed by atoms with Crippen molar-refractivity contribution in [1.29, 1.82) is 0 Å². The highest BCUT2D eigenvalue weighted by Crippen LogP contribution is 2.20. The minimum atomic E-state index is -0.494. The quantitative estimate of drug-likeness (QED) is 0.695. The molecule has 0 aromatic carbocycles. The molecule has 0 saturated carbocycles. The molecule has 1 rings (SSSR count). The van der Waals surface area contributed by atoms with Crippen LogP contribution in [0.4, 0.5) is 4.79 Å². The van der Waals surface area contributed by atoms with Crippen LogP contribution in [0.1, 0.15) is 33.6 Å². The number of ether oxygens (including phenoxy) is 1. The lowest BCUT2D eigenvalue weighted by Gasteiger charge is -2.37. The average Bonchev–Trinajstić information content (AvgIpc) is 2.14. The molecule has 5 heteroatoms. The number of aliphatic hydroxyl groups excluding tert-OH is 1. The van der Waals surface area contributed by atoms with Crippen molar-refractivity contribution in [1.82, 2.24) is 4.90 Å². The third-order valence-electron chi connectivity index (χ3n) is 2.59. The van der Waals surface area contributed by atoms with E-state index in [1.54, 1.807) is 4.90 Å². The van der Waals surface area contributed by atoms with E-state index in [0.29, 0.717) is 25.9 Å². The number of nitrogens with two attached hydrogens (primary N) is 1. The summed E-state index contributed by atoms with van der Waals surface area (Å²) in [5.74, 6) is 0. The monoisotopic (exact) mass is 230 g/mol. The number of carbonyl (C=O) groups excluding carboxylic acids is 1. The van der Waals surface area contributed by atoms with Gasteiger partial charge in [0.25, 0.3) is 0 Å². The van der Waals surface area contributed by atoms with E-state index in [-0.39, 0.29) is 18.2 Å². The molecular formula is C11H22N2O3. The molecule has 1 amide bonds. The molecule has 1 heterocycles. The average molecular weight is 230 g/mol. The number of nitrogens with zero attached hydrogens (tertiary/aromatic N) is 1. The number of likely N-dealkylation sites (tertiary alicyclic amines) is 1. The first-order valence-corrected chi connectivity index (χ1v) is 5.71.